The minimum atomic E-state index is -3.98. The van der Waals surface area contributed by atoms with Crippen LogP contribution in [-0.2, 0) is 21.2 Å². The zero-order valence-electron chi connectivity index (χ0n) is 19.9. The monoisotopic (exact) mass is 494 g/mol. The summed E-state index contributed by atoms with van der Waals surface area (Å²) in [7, 11) is -3.98. The Morgan fingerprint density at radius 2 is 2.15 bits per heavy atom. The summed E-state index contributed by atoms with van der Waals surface area (Å²) in [5.74, 6) is 0.0994. The molecule has 0 saturated carbocycles. The number of piperidine rings is 1. The molecule has 0 aliphatic carbocycles. The Kier molecular flexibility index (Phi) is 9.15. The van der Waals surface area contributed by atoms with E-state index < -0.39 is 16.1 Å². The van der Waals surface area contributed by atoms with Crippen LogP contribution in [0, 0.1) is 5.92 Å². The normalized spacial score (nSPS) is 21.3. The number of anilines is 1. The first-order chi connectivity index (χ1) is 16.2. The number of fused-ring (bicyclic) bond motifs is 1. The van der Waals surface area contributed by atoms with Gasteiger partial charge in [0, 0.05) is 32.3 Å². The van der Waals surface area contributed by atoms with Crippen molar-refractivity contribution in [3.05, 3.63) is 23.8 Å². The average molecular weight is 495 g/mol. The Balaban J connectivity index is 1.85. The molecular formula is C23H38N6O4S. The lowest BCUT2D eigenvalue weighted by Crippen LogP contribution is -2.53. The fourth-order valence-electron chi connectivity index (χ4n) is 4.82. The van der Waals surface area contributed by atoms with Crippen molar-refractivity contribution < 1.29 is 18.3 Å². The number of aliphatic hydroxyl groups excluding tert-OH is 1. The van der Waals surface area contributed by atoms with Crippen molar-refractivity contribution >= 4 is 27.6 Å². The highest BCUT2D eigenvalue weighted by Crippen LogP contribution is 2.31. The molecule has 34 heavy (non-hydrogen) atoms. The first-order valence-corrected chi connectivity index (χ1v) is 13.6. The quantitative estimate of drug-likeness (QED) is 0.182. The van der Waals surface area contributed by atoms with E-state index in [0.29, 0.717) is 44.1 Å². The maximum absolute atomic E-state index is 13.6. The van der Waals surface area contributed by atoms with Crippen LogP contribution in [0.3, 0.4) is 0 Å². The fourth-order valence-corrected chi connectivity index (χ4v) is 6.27. The molecule has 190 valence electrons. The Hall–Kier alpha value is -2.37. The van der Waals surface area contributed by atoms with Crippen LogP contribution in [0.25, 0.3) is 0 Å². The van der Waals surface area contributed by atoms with Gasteiger partial charge >= 0.3 is 0 Å². The zero-order chi connectivity index (χ0) is 24.7. The van der Waals surface area contributed by atoms with Crippen molar-refractivity contribution in [3.63, 3.8) is 0 Å². The van der Waals surface area contributed by atoms with Gasteiger partial charge in [-0.3, -0.25) is 9.79 Å². The van der Waals surface area contributed by atoms with E-state index in [2.05, 4.69) is 22.0 Å². The molecule has 0 aromatic heterocycles. The molecule has 7 N–H and O–H groups in total. The second-order valence-corrected chi connectivity index (χ2v) is 11.0. The van der Waals surface area contributed by atoms with Crippen LogP contribution < -0.4 is 21.5 Å². The lowest BCUT2D eigenvalue weighted by Gasteiger charge is -2.38. The van der Waals surface area contributed by atoms with Gasteiger partial charge in [0.15, 0.2) is 5.96 Å². The lowest BCUT2D eigenvalue weighted by atomic mass is 9.96. The van der Waals surface area contributed by atoms with Gasteiger partial charge in [-0.15, -0.1) is 0 Å². The number of nitrogens with one attached hydrogen (secondary N) is 2. The van der Waals surface area contributed by atoms with Crippen LogP contribution in [0.1, 0.15) is 51.0 Å². The SMILES string of the molecule is CC1CNc2c(cccc2S(=O)(=O)N[C@@H](CCCN=C(N)N)C(=O)N2CCCCC2CCO)C1. The van der Waals surface area contributed by atoms with E-state index in [-0.39, 0.29) is 35.8 Å². The second-order valence-electron chi connectivity index (χ2n) is 9.30. The van der Waals surface area contributed by atoms with E-state index >= 15 is 0 Å². The number of para-hydroxylation sites is 1. The number of guanidine groups is 1. The standard InChI is InChI=1S/C23H38N6O4S/c1-16-14-17-6-4-9-20(21(17)27-15-16)34(32,33)28-19(8-5-11-26-23(24)25)22(31)29-12-3-2-7-18(29)10-13-30/h4,6,9,16,18-19,27-28,30H,2-3,5,7-8,10-15H2,1H3,(H4,24,25,26)/t16?,18?,19-/m0/s1. The molecule has 2 unspecified atom stereocenters. The first-order valence-electron chi connectivity index (χ1n) is 12.1. The summed E-state index contributed by atoms with van der Waals surface area (Å²) in [4.78, 5) is 19.4. The van der Waals surface area contributed by atoms with Gasteiger partial charge in [-0.25, -0.2) is 8.42 Å². The lowest BCUT2D eigenvalue weighted by molar-refractivity contribution is -0.137. The summed E-state index contributed by atoms with van der Waals surface area (Å²) < 4.78 is 29.7. The van der Waals surface area contributed by atoms with Gasteiger partial charge in [0.2, 0.25) is 15.9 Å². The molecule has 0 bridgehead atoms. The Labute approximate surface area is 202 Å². The molecule has 10 nitrogen and oxygen atoms in total. The van der Waals surface area contributed by atoms with Crippen molar-refractivity contribution in [2.45, 2.75) is 68.8 Å². The van der Waals surface area contributed by atoms with Gasteiger partial charge in [0.1, 0.15) is 10.9 Å². The van der Waals surface area contributed by atoms with Crippen molar-refractivity contribution in [1.82, 2.24) is 9.62 Å². The van der Waals surface area contributed by atoms with Gasteiger partial charge in [-0.1, -0.05) is 19.1 Å². The number of aliphatic hydroxyl groups is 1. The number of carbonyl (C=O) groups is 1. The van der Waals surface area contributed by atoms with E-state index in [9.17, 15) is 18.3 Å². The molecular weight excluding hydrogens is 456 g/mol. The number of amides is 1. The zero-order valence-corrected chi connectivity index (χ0v) is 20.7. The highest BCUT2D eigenvalue weighted by Gasteiger charge is 2.35. The van der Waals surface area contributed by atoms with E-state index in [0.717, 1.165) is 31.2 Å². The smallest absolute Gasteiger partial charge is 0.243 e. The summed E-state index contributed by atoms with van der Waals surface area (Å²) in [6, 6.07) is 4.20. The van der Waals surface area contributed by atoms with Crippen LogP contribution in [-0.4, -0.2) is 68.6 Å². The summed E-state index contributed by atoms with van der Waals surface area (Å²) in [6.45, 7) is 3.64. The summed E-state index contributed by atoms with van der Waals surface area (Å²) in [6.07, 6.45) is 4.62. The van der Waals surface area contributed by atoms with Gasteiger partial charge in [0.25, 0.3) is 0 Å². The molecule has 1 saturated heterocycles. The topological polar surface area (TPSA) is 163 Å². The second kappa shape index (κ2) is 11.9. The van der Waals surface area contributed by atoms with Crippen LogP contribution in [0.2, 0.25) is 0 Å². The molecule has 3 rings (SSSR count). The van der Waals surface area contributed by atoms with E-state index in [1.807, 2.05) is 6.07 Å². The van der Waals surface area contributed by atoms with Crippen LogP contribution in [0.15, 0.2) is 28.1 Å². The molecule has 2 aliphatic heterocycles. The van der Waals surface area contributed by atoms with Gasteiger partial charge in [-0.2, -0.15) is 4.72 Å². The highest BCUT2D eigenvalue weighted by atomic mass is 32.2. The predicted octanol–water partition coefficient (Wildman–Crippen LogP) is 0.755. The predicted molar refractivity (Wildman–Crippen MR) is 133 cm³/mol. The van der Waals surface area contributed by atoms with Crippen LogP contribution in [0.4, 0.5) is 5.69 Å². The Morgan fingerprint density at radius 1 is 1.35 bits per heavy atom. The summed E-state index contributed by atoms with van der Waals surface area (Å²) >= 11 is 0. The number of hydrogen-bond donors (Lipinski definition) is 5. The minimum absolute atomic E-state index is 0.0183. The number of sulfonamides is 1. The number of likely N-dealkylation sites (tertiary alicyclic amines) is 1. The number of nitrogens with zero attached hydrogens (tertiary/aromatic N) is 2. The Morgan fingerprint density at radius 3 is 2.88 bits per heavy atom. The molecule has 0 radical (unpaired) electrons. The molecule has 0 spiro atoms. The average Bonchev–Trinajstić information content (AvgIpc) is 2.80. The summed E-state index contributed by atoms with van der Waals surface area (Å²) in [5.41, 5.74) is 12.4. The number of rotatable bonds is 10. The van der Waals surface area contributed by atoms with E-state index in [1.165, 1.54) is 0 Å². The van der Waals surface area contributed by atoms with Crippen molar-refractivity contribution in [3.8, 4) is 0 Å². The number of hydrogen-bond acceptors (Lipinski definition) is 6. The molecule has 1 fully saturated rings. The molecule has 1 aromatic carbocycles. The molecule has 2 aliphatic rings. The molecule has 11 heteroatoms. The molecule has 3 atom stereocenters. The van der Waals surface area contributed by atoms with Gasteiger partial charge in [-0.05, 0) is 62.5 Å². The molecule has 1 aromatic rings. The van der Waals surface area contributed by atoms with Crippen molar-refractivity contribution in [2.24, 2.45) is 22.4 Å². The largest absolute Gasteiger partial charge is 0.396 e. The molecule has 1 amide bonds. The third-order valence-electron chi connectivity index (χ3n) is 6.51. The van der Waals surface area contributed by atoms with Crippen LogP contribution >= 0.6 is 0 Å². The number of nitrogens with two attached hydrogens (primary N) is 2. The Bertz CT molecular complexity index is 978. The van der Waals surface area contributed by atoms with Gasteiger partial charge < -0.3 is 26.8 Å². The maximum Gasteiger partial charge on any atom is 0.243 e. The third-order valence-corrected chi connectivity index (χ3v) is 8.03. The highest BCUT2D eigenvalue weighted by molar-refractivity contribution is 7.89. The first kappa shape index (κ1) is 26.2. The fraction of sp³-hybridized carbons (Fsp3) is 0.652. The van der Waals surface area contributed by atoms with E-state index in [1.54, 1.807) is 17.0 Å². The van der Waals surface area contributed by atoms with Crippen molar-refractivity contribution in [2.75, 3.05) is 31.6 Å². The maximum atomic E-state index is 13.6. The van der Waals surface area contributed by atoms with Gasteiger partial charge in [0.05, 0.1) is 5.69 Å². The number of aliphatic imine (C=N–C) groups is 1. The van der Waals surface area contributed by atoms with Crippen molar-refractivity contribution in [1.29, 1.82) is 0 Å². The number of carbonyl (C=O) groups excluding carboxylic acids is 1. The van der Waals surface area contributed by atoms with Crippen LogP contribution in [0.5, 0.6) is 0 Å². The number of benzene rings is 1. The van der Waals surface area contributed by atoms with E-state index in [4.69, 9.17) is 11.5 Å². The minimum Gasteiger partial charge on any atom is -0.396 e. The molecule has 2 heterocycles. The third kappa shape index (κ3) is 6.61. The summed E-state index contributed by atoms with van der Waals surface area (Å²) in [5, 5.41) is 12.7.